The van der Waals surface area contributed by atoms with Gasteiger partial charge >= 0.3 is 0 Å². The van der Waals surface area contributed by atoms with E-state index in [-0.39, 0.29) is 0 Å². The van der Waals surface area contributed by atoms with Crippen LogP contribution in [-0.4, -0.2) is 9.97 Å². The molecular weight excluding hydrogens is 289 g/mol. The van der Waals surface area contributed by atoms with E-state index in [9.17, 15) is 0 Å². The minimum absolute atomic E-state index is 0.418. The first-order valence-electron chi connectivity index (χ1n) is 4.62. The first-order valence-corrected chi connectivity index (χ1v) is 5.79. The number of halogens is 2. The van der Waals surface area contributed by atoms with Gasteiger partial charge < -0.3 is 5.73 Å². The molecule has 0 radical (unpaired) electrons. The zero-order valence-corrected chi connectivity index (χ0v) is 10.9. The summed E-state index contributed by atoms with van der Waals surface area (Å²) in [4.78, 5) is 8.36. The van der Waals surface area contributed by atoms with Gasteiger partial charge in [-0.1, -0.05) is 23.7 Å². The fourth-order valence-electron chi connectivity index (χ4n) is 1.25. The van der Waals surface area contributed by atoms with Gasteiger partial charge in [0.2, 0.25) is 0 Å². The van der Waals surface area contributed by atoms with Crippen molar-refractivity contribution in [1.82, 2.24) is 9.97 Å². The molecule has 82 valence electrons. The maximum atomic E-state index is 6.04. The summed E-state index contributed by atoms with van der Waals surface area (Å²) < 4.78 is 0.689. The van der Waals surface area contributed by atoms with Gasteiger partial charge in [-0.25, -0.2) is 9.97 Å². The molecule has 0 saturated carbocycles. The fourth-order valence-corrected chi connectivity index (χ4v) is 1.62. The van der Waals surface area contributed by atoms with Gasteiger partial charge in [0, 0.05) is 16.8 Å². The number of hydrogen-bond donors (Lipinski definition) is 1. The Hall–Kier alpha value is -1.13. The summed E-state index contributed by atoms with van der Waals surface area (Å²) in [7, 11) is 0. The second-order valence-corrected chi connectivity index (χ2v) is 4.65. The van der Waals surface area contributed by atoms with Crippen molar-refractivity contribution in [2.45, 2.75) is 6.92 Å². The van der Waals surface area contributed by atoms with Crippen LogP contribution in [0, 0.1) is 6.92 Å². The number of anilines is 1. The van der Waals surface area contributed by atoms with Crippen molar-refractivity contribution in [3.05, 3.63) is 39.5 Å². The highest BCUT2D eigenvalue weighted by Gasteiger charge is 2.06. The Morgan fingerprint density at radius 1 is 1.38 bits per heavy atom. The van der Waals surface area contributed by atoms with Crippen molar-refractivity contribution in [3.63, 3.8) is 0 Å². The topological polar surface area (TPSA) is 51.8 Å². The molecule has 0 fully saturated rings. The Bertz CT molecular complexity index is 493. The molecule has 0 spiro atoms. The molecule has 16 heavy (non-hydrogen) atoms. The van der Waals surface area contributed by atoms with Gasteiger partial charge in [0.25, 0.3) is 0 Å². The molecule has 0 unspecified atom stereocenters. The molecule has 2 aromatic rings. The van der Waals surface area contributed by atoms with Crippen LogP contribution >= 0.6 is 27.5 Å². The largest absolute Gasteiger partial charge is 0.383 e. The van der Waals surface area contributed by atoms with Crippen molar-refractivity contribution in [2.24, 2.45) is 0 Å². The summed E-state index contributed by atoms with van der Waals surface area (Å²) in [6.07, 6.45) is 1.63. The summed E-state index contributed by atoms with van der Waals surface area (Å²) in [6, 6.07) is 5.68. The highest BCUT2D eigenvalue weighted by atomic mass is 79.9. The summed E-state index contributed by atoms with van der Waals surface area (Å²) in [5.74, 6) is 0.990. The van der Waals surface area contributed by atoms with Gasteiger partial charge in [0.15, 0.2) is 5.82 Å². The summed E-state index contributed by atoms with van der Waals surface area (Å²) >= 11 is 9.29. The minimum atomic E-state index is 0.418. The molecule has 1 aromatic carbocycles. The average molecular weight is 299 g/mol. The summed E-state index contributed by atoms with van der Waals surface area (Å²) in [5, 5.41) is 0.697. The SMILES string of the molecule is Cc1ccc(-c2ncc(Br)c(N)n2)cc1Cl. The lowest BCUT2D eigenvalue weighted by molar-refractivity contribution is 1.17. The lowest BCUT2D eigenvalue weighted by Gasteiger charge is -2.04. The number of rotatable bonds is 1. The number of nitrogen functional groups attached to an aromatic ring is 1. The average Bonchev–Trinajstić information content (AvgIpc) is 2.26. The van der Waals surface area contributed by atoms with Crippen molar-refractivity contribution in [2.75, 3.05) is 5.73 Å². The van der Waals surface area contributed by atoms with Gasteiger partial charge in [-0.2, -0.15) is 0 Å². The van der Waals surface area contributed by atoms with Gasteiger partial charge in [0.1, 0.15) is 5.82 Å². The first-order chi connectivity index (χ1) is 7.58. The molecule has 0 aliphatic heterocycles. The van der Waals surface area contributed by atoms with Gasteiger partial charge in [-0.05, 0) is 34.5 Å². The maximum Gasteiger partial charge on any atom is 0.161 e. The molecule has 0 atom stereocenters. The van der Waals surface area contributed by atoms with E-state index >= 15 is 0 Å². The molecular formula is C11H9BrClN3. The van der Waals surface area contributed by atoms with Crippen molar-refractivity contribution < 1.29 is 0 Å². The van der Waals surface area contributed by atoms with E-state index in [0.717, 1.165) is 11.1 Å². The number of nitrogens with two attached hydrogens (primary N) is 1. The number of hydrogen-bond acceptors (Lipinski definition) is 3. The van der Waals surface area contributed by atoms with Gasteiger partial charge in [-0.3, -0.25) is 0 Å². The van der Waals surface area contributed by atoms with Gasteiger partial charge in [0.05, 0.1) is 4.47 Å². The minimum Gasteiger partial charge on any atom is -0.383 e. The van der Waals surface area contributed by atoms with E-state index < -0.39 is 0 Å². The Morgan fingerprint density at radius 2 is 2.12 bits per heavy atom. The van der Waals surface area contributed by atoms with E-state index in [4.69, 9.17) is 17.3 Å². The number of benzene rings is 1. The molecule has 0 aliphatic rings. The van der Waals surface area contributed by atoms with Gasteiger partial charge in [-0.15, -0.1) is 0 Å². The number of aromatic nitrogens is 2. The molecule has 1 heterocycles. The standard InChI is InChI=1S/C11H9BrClN3/c1-6-2-3-7(4-9(6)13)11-15-5-8(12)10(14)16-11/h2-5H,1H3,(H2,14,15,16). The van der Waals surface area contributed by atoms with Crippen molar-refractivity contribution >= 4 is 33.3 Å². The summed E-state index contributed by atoms with van der Waals surface area (Å²) in [5.41, 5.74) is 7.57. The Labute approximate surface area is 107 Å². The highest BCUT2D eigenvalue weighted by Crippen LogP contribution is 2.25. The zero-order chi connectivity index (χ0) is 11.7. The molecule has 0 saturated heterocycles. The second-order valence-electron chi connectivity index (χ2n) is 3.39. The fraction of sp³-hybridized carbons (Fsp3) is 0.0909. The third-order valence-electron chi connectivity index (χ3n) is 2.20. The summed E-state index contributed by atoms with van der Waals surface area (Å²) in [6.45, 7) is 1.95. The third-order valence-corrected chi connectivity index (χ3v) is 3.22. The number of aryl methyl sites for hydroxylation is 1. The van der Waals surface area contributed by atoms with Crippen LogP contribution in [0.3, 0.4) is 0 Å². The lowest BCUT2D eigenvalue weighted by Crippen LogP contribution is -1.96. The lowest BCUT2D eigenvalue weighted by atomic mass is 10.1. The third kappa shape index (κ3) is 2.18. The Balaban J connectivity index is 2.50. The molecule has 2 N–H and O–H groups in total. The zero-order valence-electron chi connectivity index (χ0n) is 8.54. The molecule has 1 aromatic heterocycles. The predicted molar refractivity (Wildman–Crippen MR) is 69.3 cm³/mol. The second kappa shape index (κ2) is 4.39. The van der Waals surface area contributed by atoms with Crippen LogP contribution in [0.1, 0.15) is 5.56 Å². The quantitative estimate of drug-likeness (QED) is 0.877. The Kier molecular flexibility index (Phi) is 3.12. The molecule has 2 rings (SSSR count). The smallest absolute Gasteiger partial charge is 0.161 e. The van der Waals surface area contributed by atoms with Crippen LogP contribution in [0.4, 0.5) is 5.82 Å². The van der Waals surface area contributed by atoms with Crippen LogP contribution < -0.4 is 5.73 Å². The van der Waals surface area contributed by atoms with E-state index in [1.54, 1.807) is 6.20 Å². The van der Waals surface area contributed by atoms with E-state index in [1.165, 1.54) is 0 Å². The monoisotopic (exact) mass is 297 g/mol. The molecule has 5 heteroatoms. The van der Waals surface area contributed by atoms with Crippen LogP contribution in [-0.2, 0) is 0 Å². The van der Waals surface area contributed by atoms with Crippen LogP contribution in [0.25, 0.3) is 11.4 Å². The first kappa shape index (κ1) is 11.4. The maximum absolute atomic E-state index is 6.04. The molecule has 0 amide bonds. The van der Waals surface area contributed by atoms with E-state index in [2.05, 4.69) is 25.9 Å². The number of nitrogens with zero attached hydrogens (tertiary/aromatic N) is 2. The van der Waals surface area contributed by atoms with Crippen molar-refractivity contribution in [3.8, 4) is 11.4 Å². The highest BCUT2D eigenvalue weighted by molar-refractivity contribution is 9.10. The molecule has 3 nitrogen and oxygen atoms in total. The van der Waals surface area contributed by atoms with Crippen LogP contribution in [0.2, 0.25) is 5.02 Å². The predicted octanol–water partition coefficient (Wildman–Crippen LogP) is 3.45. The van der Waals surface area contributed by atoms with Crippen LogP contribution in [0.5, 0.6) is 0 Å². The van der Waals surface area contributed by atoms with E-state index in [0.29, 0.717) is 21.1 Å². The van der Waals surface area contributed by atoms with Crippen molar-refractivity contribution in [1.29, 1.82) is 0 Å². The molecule has 0 aliphatic carbocycles. The van der Waals surface area contributed by atoms with Crippen LogP contribution in [0.15, 0.2) is 28.9 Å². The Morgan fingerprint density at radius 3 is 2.75 bits per heavy atom. The van der Waals surface area contributed by atoms with E-state index in [1.807, 2.05) is 25.1 Å². The molecule has 0 bridgehead atoms. The normalized spacial score (nSPS) is 10.4.